The first-order valence-electron chi connectivity index (χ1n) is 14.6. The van der Waals surface area contributed by atoms with E-state index < -0.39 is 6.68 Å². The number of alkyl halides is 3. The van der Waals surface area contributed by atoms with Gasteiger partial charge in [0.1, 0.15) is 0 Å². The molecule has 4 rings (SSSR count). The summed E-state index contributed by atoms with van der Waals surface area (Å²) in [6.45, 7) is 12.0. The highest BCUT2D eigenvalue weighted by molar-refractivity contribution is 5.85. The monoisotopic (exact) mass is 616 g/mol. The molecule has 3 aromatic carbocycles. The van der Waals surface area contributed by atoms with Crippen molar-refractivity contribution in [2.45, 2.75) is 67.3 Å². The highest BCUT2D eigenvalue weighted by Gasteiger charge is 2.18. The number of aryl methyl sites for hydroxylation is 1. The van der Waals surface area contributed by atoms with Gasteiger partial charge in [-0.25, -0.2) is 4.99 Å². The van der Waals surface area contributed by atoms with Crippen LogP contribution in [0.25, 0.3) is 5.70 Å². The molecule has 0 spiro atoms. The number of benzene rings is 3. The molecule has 0 aliphatic carbocycles. The summed E-state index contributed by atoms with van der Waals surface area (Å²) in [4.78, 5) is 4.53. The van der Waals surface area contributed by atoms with Gasteiger partial charge in [0.2, 0.25) is 6.79 Å². The molecule has 0 radical (unpaired) electrons. The summed E-state index contributed by atoms with van der Waals surface area (Å²) in [6, 6.07) is 18.3. The van der Waals surface area contributed by atoms with Gasteiger partial charge in [0.25, 0.3) is 0 Å². The van der Waals surface area contributed by atoms with Crippen LogP contribution >= 0.6 is 0 Å². The lowest BCUT2D eigenvalue weighted by atomic mass is 10.0. The number of methoxy groups -OCH3 is 1. The van der Waals surface area contributed by atoms with Crippen molar-refractivity contribution in [3.05, 3.63) is 89.0 Å². The first-order valence-corrected chi connectivity index (χ1v) is 14.6. The minimum atomic E-state index is -3.67. The van der Waals surface area contributed by atoms with E-state index in [2.05, 4.69) is 42.1 Å². The van der Waals surface area contributed by atoms with Gasteiger partial charge in [-0.1, -0.05) is 76.7 Å². The van der Waals surface area contributed by atoms with Gasteiger partial charge in [-0.2, -0.15) is 13.2 Å². The molecule has 0 bridgehead atoms. The van der Waals surface area contributed by atoms with Crippen LogP contribution in [0.4, 0.5) is 24.5 Å². The highest BCUT2D eigenvalue weighted by Crippen LogP contribution is 2.38. The Balaban J connectivity index is 0.000000422. The second-order valence-electron chi connectivity index (χ2n) is 9.13. The summed E-state index contributed by atoms with van der Waals surface area (Å²) in [5.74, 6) is 2.37. The number of rotatable bonds is 10. The number of nitrogens with zero attached hydrogens (tertiary/aromatic N) is 1. The molecule has 44 heavy (non-hydrogen) atoms. The Morgan fingerprint density at radius 1 is 0.977 bits per heavy atom. The molecule has 0 unspecified atom stereocenters. The number of aliphatic imine (C=N–C) groups is 1. The molecule has 242 valence electrons. The smallest absolute Gasteiger partial charge is 0.379 e. The number of hydrogen-bond acceptors (Lipinski definition) is 6. The SMILES string of the molecule is C=C(NC)c1cccc(CNc2ccccc2COC)c1N=C(C)N.CC.CCc1ccc2c(c1CC)OCO2.FC(F)F. The van der Waals surface area contributed by atoms with Gasteiger partial charge in [0.15, 0.2) is 11.5 Å². The number of hydrogen-bond donors (Lipinski definition) is 3. The second-order valence-corrected chi connectivity index (χ2v) is 9.13. The molecule has 1 aliphatic rings. The molecule has 0 amide bonds. The largest absolute Gasteiger partial charge is 0.454 e. The molecule has 7 nitrogen and oxygen atoms in total. The molecule has 1 heterocycles. The average Bonchev–Trinajstić information content (AvgIpc) is 3.50. The topological polar surface area (TPSA) is 90.1 Å². The Bertz CT molecular complexity index is 1330. The summed E-state index contributed by atoms with van der Waals surface area (Å²) in [5, 5.41) is 6.55. The summed E-state index contributed by atoms with van der Waals surface area (Å²) < 4.78 is 45.0. The van der Waals surface area contributed by atoms with Crippen LogP contribution in [0.2, 0.25) is 0 Å². The third-order valence-corrected chi connectivity index (χ3v) is 6.29. The van der Waals surface area contributed by atoms with Gasteiger partial charge in [-0.05, 0) is 43.0 Å². The Morgan fingerprint density at radius 3 is 2.23 bits per heavy atom. The zero-order valence-corrected chi connectivity index (χ0v) is 26.9. The van der Waals surface area contributed by atoms with Crippen LogP contribution < -0.4 is 25.8 Å². The number of ether oxygens (including phenoxy) is 3. The van der Waals surface area contributed by atoms with Crippen LogP contribution in [0.15, 0.2) is 66.2 Å². The molecular weight excluding hydrogens is 569 g/mol. The number of halogens is 3. The molecule has 3 aromatic rings. The third-order valence-electron chi connectivity index (χ3n) is 6.29. The first-order chi connectivity index (χ1) is 21.2. The Labute approximate surface area is 260 Å². The van der Waals surface area contributed by atoms with Crippen molar-refractivity contribution in [3.8, 4) is 11.5 Å². The van der Waals surface area contributed by atoms with Crippen LogP contribution in [0.5, 0.6) is 11.5 Å². The Morgan fingerprint density at radius 2 is 1.64 bits per heavy atom. The molecule has 4 N–H and O–H groups in total. The fourth-order valence-corrected chi connectivity index (χ4v) is 4.37. The minimum Gasteiger partial charge on any atom is -0.454 e. The van der Waals surface area contributed by atoms with Crippen molar-refractivity contribution >= 4 is 22.9 Å². The first kappa shape index (κ1) is 37.8. The lowest BCUT2D eigenvalue weighted by Crippen LogP contribution is -2.09. The predicted octanol–water partition coefficient (Wildman–Crippen LogP) is 8.39. The van der Waals surface area contributed by atoms with Crippen LogP contribution in [0.3, 0.4) is 0 Å². The number of fused-ring (bicyclic) bond motifs is 1. The Kier molecular flexibility index (Phi) is 17.8. The van der Waals surface area contributed by atoms with Gasteiger partial charge < -0.3 is 30.6 Å². The molecular formula is C34H47F3N4O3. The fourth-order valence-electron chi connectivity index (χ4n) is 4.37. The molecule has 0 fully saturated rings. The Hall–Kier alpha value is -4.18. The van der Waals surface area contributed by atoms with E-state index in [1.807, 2.05) is 69.4 Å². The van der Waals surface area contributed by atoms with Crippen molar-refractivity contribution < 1.29 is 27.4 Å². The van der Waals surface area contributed by atoms with Crippen molar-refractivity contribution in [2.75, 3.05) is 26.3 Å². The molecule has 0 aromatic heterocycles. The maximum Gasteiger partial charge on any atom is 0.379 e. The van der Waals surface area contributed by atoms with Crippen molar-refractivity contribution in [1.29, 1.82) is 0 Å². The van der Waals surface area contributed by atoms with Crippen molar-refractivity contribution in [2.24, 2.45) is 10.7 Å². The van der Waals surface area contributed by atoms with Gasteiger partial charge in [-0.15, -0.1) is 0 Å². The zero-order chi connectivity index (χ0) is 33.1. The van der Waals surface area contributed by atoms with E-state index in [1.54, 1.807) is 14.0 Å². The quantitative estimate of drug-likeness (QED) is 0.157. The summed E-state index contributed by atoms with van der Waals surface area (Å²) >= 11 is 0. The molecule has 0 saturated carbocycles. The predicted molar refractivity (Wildman–Crippen MR) is 176 cm³/mol. The number of anilines is 1. The number of para-hydroxylation sites is 2. The molecule has 0 atom stereocenters. The molecule has 0 saturated heterocycles. The lowest BCUT2D eigenvalue weighted by Gasteiger charge is -2.16. The van der Waals surface area contributed by atoms with E-state index in [4.69, 9.17) is 19.9 Å². The standard InChI is InChI=1S/C20H26N4O.C11H14O2.C2H6.CHF3/c1-14(22-3)18-10-7-9-16(20(18)24-15(2)21)12-23-19-11-6-5-8-17(19)13-25-4;1-3-8-5-6-10-11(9(8)4-2)13-7-12-10;1-2;2-1(3)4/h5-11,22-23H,1,12-13H2,2-4H3,(H2,21,24);5-6H,3-4,7H2,1-2H3;1-2H3;1H. The van der Waals surface area contributed by atoms with E-state index in [0.717, 1.165) is 58.1 Å². The van der Waals surface area contributed by atoms with E-state index in [-0.39, 0.29) is 0 Å². The summed E-state index contributed by atoms with van der Waals surface area (Å²) in [5.41, 5.74) is 14.3. The van der Waals surface area contributed by atoms with Crippen LogP contribution in [0, 0.1) is 0 Å². The van der Waals surface area contributed by atoms with Crippen LogP contribution in [-0.4, -0.2) is 33.5 Å². The minimum absolute atomic E-state index is 0.371. The second kappa shape index (κ2) is 20.7. The maximum absolute atomic E-state index is 9.67. The van der Waals surface area contributed by atoms with Crippen molar-refractivity contribution in [3.63, 3.8) is 0 Å². The van der Waals surface area contributed by atoms with E-state index >= 15 is 0 Å². The van der Waals surface area contributed by atoms with Crippen LogP contribution in [0.1, 0.15) is 62.4 Å². The van der Waals surface area contributed by atoms with Crippen molar-refractivity contribution in [1.82, 2.24) is 5.32 Å². The average molecular weight is 617 g/mol. The van der Waals surface area contributed by atoms with Gasteiger partial charge in [-0.3, -0.25) is 0 Å². The van der Waals surface area contributed by atoms with Gasteiger partial charge in [0.05, 0.1) is 18.1 Å². The fraction of sp³-hybridized carbons (Fsp3) is 0.382. The van der Waals surface area contributed by atoms with Gasteiger partial charge >= 0.3 is 6.68 Å². The zero-order valence-electron chi connectivity index (χ0n) is 26.9. The summed E-state index contributed by atoms with van der Waals surface area (Å²) in [7, 11) is 3.54. The number of nitrogens with two attached hydrogens (primary N) is 1. The van der Waals surface area contributed by atoms with E-state index in [1.165, 1.54) is 11.1 Å². The number of amidine groups is 1. The maximum atomic E-state index is 9.67. The molecule has 10 heteroatoms. The highest BCUT2D eigenvalue weighted by atomic mass is 19.4. The van der Waals surface area contributed by atoms with E-state index in [9.17, 15) is 13.2 Å². The lowest BCUT2D eigenvalue weighted by molar-refractivity contribution is 0.00819. The normalized spacial score (nSPS) is 11.3. The van der Waals surface area contributed by atoms with Gasteiger partial charge in [0, 0.05) is 48.8 Å². The number of nitrogens with one attached hydrogen (secondary N) is 2. The summed E-state index contributed by atoms with van der Waals surface area (Å²) in [6.07, 6.45) is 2.06. The van der Waals surface area contributed by atoms with Crippen LogP contribution in [-0.2, 0) is 30.7 Å². The third kappa shape index (κ3) is 11.8. The van der Waals surface area contributed by atoms with E-state index in [0.29, 0.717) is 25.8 Å². The molecule has 1 aliphatic heterocycles.